The number of halogens is 1. The maximum atomic E-state index is 10.1. The molecule has 1 nitrogen and oxygen atoms in total. The summed E-state index contributed by atoms with van der Waals surface area (Å²) in [6.45, 7) is 2.13. The lowest BCUT2D eigenvalue weighted by Gasteiger charge is -1.86. The lowest BCUT2D eigenvalue weighted by molar-refractivity contribution is -0.107. The van der Waals surface area contributed by atoms with Gasteiger partial charge in [-0.05, 0) is 23.9 Å². The predicted molar refractivity (Wildman–Crippen MR) is 42.8 cm³/mol. The van der Waals surface area contributed by atoms with Gasteiger partial charge < -0.3 is 0 Å². The molecule has 0 aromatic carbocycles. The first-order valence-corrected chi connectivity index (χ1v) is 3.83. The Hall–Kier alpha value is -0.480. The Morgan fingerprint density at radius 2 is 2.20 bits per heavy atom. The summed E-state index contributed by atoms with van der Waals surface area (Å²) in [6, 6.07) is 0. The second-order valence-corrected chi connectivity index (χ2v) is 2.38. The van der Waals surface area contributed by atoms with E-state index in [1.165, 1.54) is 12.8 Å². The van der Waals surface area contributed by atoms with E-state index >= 15 is 0 Å². The lowest BCUT2D eigenvalue weighted by atomic mass is 10.2. The molecule has 0 unspecified atom stereocenters. The van der Waals surface area contributed by atoms with Crippen molar-refractivity contribution in [1.82, 2.24) is 0 Å². The van der Waals surface area contributed by atoms with Gasteiger partial charge in [0.25, 0.3) is 5.24 Å². The monoisotopic (exact) mass is 158 g/mol. The summed E-state index contributed by atoms with van der Waals surface area (Å²) in [5, 5.41) is -0.559. The molecule has 10 heavy (non-hydrogen) atoms. The molecule has 0 bridgehead atoms. The van der Waals surface area contributed by atoms with Crippen molar-refractivity contribution in [3.63, 3.8) is 0 Å². The Labute approximate surface area is 66.8 Å². The quantitative estimate of drug-likeness (QED) is 0.350. The second kappa shape index (κ2) is 6.64. The van der Waals surface area contributed by atoms with Crippen LogP contribution >= 0.6 is 11.6 Å². The number of carbonyl (C=O) groups excluding carboxylic acids is 1. The highest BCUT2D eigenvalue weighted by molar-refractivity contribution is 6.68. The minimum absolute atomic E-state index is 0.559. The fraction of sp³-hybridized carbons (Fsp3) is 0.625. The summed E-state index contributed by atoms with van der Waals surface area (Å²) in [5.41, 5.74) is 0. The highest BCUT2D eigenvalue weighted by atomic mass is 35.5. The van der Waals surface area contributed by atoms with Crippen LogP contribution in [-0.2, 0) is 4.79 Å². The van der Waals surface area contributed by atoms with E-state index in [0.717, 1.165) is 12.8 Å². The van der Waals surface area contributed by atoms with Gasteiger partial charge in [0.2, 0.25) is 0 Å². The molecule has 2 heteroatoms. The highest BCUT2D eigenvalue weighted by Gasteiger charge is 1.83. The van der Waals surface area contributed by atoms with Crippen molar-refractivity contribution in [1.29, 1.82) is 0 Å². The van der Waals surface area contributed by atoms with Crippen LogP contribution in [0.5, 0.6) is 0 Å². The molecule has 0 aliphatic heterocycles. The van der Waals surface area contributed by atoms with Crippen LogP contribution in [0.25, 0.3) is 0 Å². The van der Waals surface area contributed by atoms with Crippen LogP contribution in [0.3, 0.4) is 0 Å². The summed E-state index contributed by atoms with van der Waals surface area (Å²) in [7, 11) is 0. The van der Waals surface area contributed by atoms with E-state index in [1.807, 2.05) is 0 Å². The number of unbranched alkanes of at least 4 members (excludes halogenated alkanes) is 3. The molecule has 0 heterocycles. The van der Waals surface area contributed by atoms with Gasteiger partial charge in [0.05, 0.1) is 0 Å². The zero-order valence-electron chi connectivity index (χ0n) is 6.11. The molecule has 0 aliphatic carbocycles. The average molecular weight is 159 g/mol. The van der Waals surface area contributed by atoms with Crippen molar-refractivity contribution < 1.29 is 4.79 Å². The zero-order chi connectivity index (χ0) is 7.82. The minimum Gasteiger partial charge on any atom is -0.266 e. The first kappa shape index (κ1) is 9.52. The van der Waals surface area contributed by atoms with Gasteiger partial charge in [0, 0.05) is 6.42 Å². The molecule has 0 amide bonds. The van der Waals surface area contributed by atoms with Crippen molar-refractivity contribution in [3.8, 4) is 11.8 Å². The standard InChI is InChI=1S/C8H11ClO/c1-2-3-4-5-6-7-8(9)10/h2-5H2,1H3. The first-order valence-electron chi connectivity index (χ1n) is 3.45. The zero-order valence-corrected chi connectivity index (χ0v) is 6.87. The SMILES string of the molecule is CCCCCC#CC(=O)Cl. The Balaban J connectivity index is 3.20. The summed E-state index contributed by atoms with van der Waals surface area (Å²) in [6.07, 6.45) is 4.20. The number of hydrogen-bond acceptors (Lipinski definition) is 1. The van der Waals surface area contributed by atoms with E-state index in [2.05, 4.69) is 18.8 Å². The van der Waals surface area contributed by atoms with E-state index in [4.69, 9.17) is 11.6 Å². The van der Waals surface area contributed by atoms with Crippen LogP contribution in [-0.4, -0.2) is 5.24 Å². The Morgan fingerprint density at radius 3 is 2.70 bits per heavy atom. The van der Waals surface area contributed by atoms with Crippen LogP contribution in [0.4, 0.5) is 0 Å². The number of hydrogen-bond donors (Lipinski definition) is 0. The summed E-state index contributed by atoms with van der Waals surface area (Å²) in [5.74, 6) is 4.97. The van der Waals surface area contributed by atoms with Crippen LogP contribution in [0.1, 0.15) is 32.6 Å². The molecule has 0 saturated heterocycles. The normalized spacial score (nSPS) is 8.20. The minimum atomic E-state index is -0.559. The molecule has 56 valence electrons. The number of carbonyl (C=O) groups is 1. The molecule has 0 saturated carbocycles. The van der Waals surface area contributed by atoms with Gasteiger partial charge in [-0.25, -0.2) is 0 Å². The van der Waals surface area contributed by atoms with Gasteiger partial charge in [0.15, 0.2) is 0 Å². The van der Waals surface area contributed by atoms with E-state index in [1.54, 1.807) is 0 Å². The molecular weight excluding hydrogens is 148 g/mol. The third-order valence-corrected chi connectivity index (χ3v) is 1.19. The van der Waals surface area contributed by atoms with Crippen LogP contribution in [0.2, 0.25) is 0 Å². The predicted octanol–water partition coefficient (Wildman–Crippen LogP) is 2.34. The third kappa shape index (κ3) is 7.52. The number of rotatable bonds is 3. The highest BCUT2D eigenvalue weighted by Crippen LogP contribution is 1.96. The van der Waals surface area contributed by atoms with Crippen molar-refractivity contribution in [2.24, 2.45) is 0 Å². The van der Waals surface area contributed by atoms with Crippen LogP contribution in [0.15, 0.2) is 0 Å². The van der Waals surface area contributed by atoms with Crippen LogP contribution in [0, 0.1) is 11.8 Å². The van der Waals surface area contributed by atoms with Crippen molar-refractivity contribution in [2.45, 2.75) is 32.6 Å². The largest absolute Gasteiger partial charge is 0.296 e. The molecule has 0 rings (SSSR count). The van der Waals surface area contributed by atoms with Gasteiger partial charge in [0.1, 0.15) is 0 Å². The average Bonchev–Trinajstić information content (AvgIpc) is 1.87. The molecule has 0 aromatic rings. The Kier molecular flexibility index (Phi) is 6.32. The second-order valence-electron chi connectivity index (χ2n) is 2.03. The summed E-state index contributed by atoms with van der Waals surface area (Å²) in [4.78, 5) is 10.1. The maximum Gasteiger partial charge on any atom is 0.296 e. The summed E-state index contributed by atoms with van der Waals surface area (Å²) < 4.78 is 0. The van der Waals surface area contributed by atoms with Crippen molar-refractivity contribution in [2.75, 3.05) is 0 Å². The Bertz CT molecular complexity index is 152. The Morgan fingerprint density at radius 1 is 1.50 bits per heavy atom. The fourth-order valence-corrected chi connectivity index (χ4v) is 0.662. The first-order chi connectivity index (χ1) is 4.77. The van der Waals surface area contributed by atoms with Gasteiger partial charge >= 0.3 is 0 Å². The van der Waals surface area contributed by atoms with Gasteiger partial charge in [-0.3, -0.25) is 4.79 Å². The van der Waals surface area contributed by atoms with Crippen molar-refractivity contribution >= 4 is 16.8 Å². The van der Waals surface area contributed by atoms with Gasteiger partial charge in [-0.15, -0.1) is 0 Å². The van der Waals surface area contributed by atoms with E-state index < -0.39 is 5.24 Å². The van der Waals surface area contributed by atoms with Crippen molar-refractivity contribution in [3.05, 3.63) is 0 Å². The van der Waals surface area contributed by atoms with Gasteiger partial charge in [-0.2, -0.15) is 0 Å². The van der Waals surface area contributed by atoms with E-state index in [0.29, 0.717) is 0 Å². The molecule has 0 aliphatic rings. The third-order valence-electron chi connectivity index (χ3n) is 1.09. The molecule has 0 spiro atoms. The molecular formula is C8H11ClO. The molecule has 0 atom stereocenters. The van der Waals surface area contributed by atoms with E-state index in [-0.39, 0.29) is 0 Å². The van der Waals surface area contributed by atoms with Gasteiger partial charge in [-0.1, -0.05) is 25.7 Å². The smallest absolute Gasteiger partial charge is 0.266 e. The maximum absolute atomic E-state index is 10.1. The summed E-state index contributed by atoms with van der Waals surface area (Å²) >= 11 is 4.98. The fourth-order valence-electron chi connectivity index (χ4n) is 0.595. The molecule has 0 N–H and O–H groups in total. The molecule has 0 radical (unpaired) electrons. The van der Waals surface area contributed by atoms with E-state index in [9.17, 15) is 4.79 Å². The molecule has 0 fully saturated rings. The van der Waals surface area contributed by atoms with Crippen LogP contribution < -0.4 is 0 Å². The molecule has 0 aromatic heterocycles. The lowest BCUT2D eigenvalue weighted by Crippen LogP contribution is -1.76. The topological polar surface area (TPSA) is 17.1 Å².